The lowest BCUT2D eigenvalue weighted by Crippen LogP contribution is -2.47. The molecule has 0 bridgehead atoms. The first-order chi connectivity index (χ1) is 9.31. The van der Waals surface area contributed by atoms with Gasteiger partial charge >= 0.3 is 0 Å². The minimum atomic E-state index is -0.0682. The lowest BCUT2D eigenvalue weighted by molar-refractivity contribution is -0.121. The summed E-state index contributed by atoms with van der Waals surface area (Å²) in [6.45, 7) is 1.45. The summed E-state index contributed by atoms with van der Waals surface area (Å²) >= 11 is 3.28. The number of hydrogen-bond donors (Lipinski definition) is 1. The molecule has 7 heteroatoms. The van der Waals surface area contributed by atoms with E-state index in [1.54, 1.807) is 23.1 Å². The van der Waals surface area contributed by atoms with E-state index in [1.807, 2.05) is 17.5 Å². The predicted molar refractivity (Wildman–Crippen MR) is 74.1 cm³/mol. The Balaban J connectivity index is 1.53. The quantitative estimate of drug-likeness (QED) is 0.880. The van der Waals surface area contributed by atoms with Crippen LogP contribution in [0.3, 0.4) is 0 Å². The molecular weight excluding hydrogens is 284 g/mol. The van der Waals surface area contributed by atoms with Gasteiger partial charge in [-0.25, -0.2) is 0 Å². The molecule has 102 valence electrons. The normalized spacial score (nSPS) is 17.3. The van der Waals surface area contributed by atoms with Crippen molar-refractivity contribution in [2.45, 2.75) is 5.75 Å². The van der Waals surface area contributed by atoms with E-state index in [9.17, 15) is 5.11 Å². The van der Waals surface area contributed by atoms with E-state index in [4.69, 9.17) is 9.26 Å². The molecule has 0 aliphatic carbocycles. The second-order valence-electron chi connectivity index (χ2n) is 4.63. The van der Waals surface area contributed by atoms with Gasteiger partial charge < -0.3 is 14.4 Å². The Morgan fingerprint density at radius 3 is 3.00 bits per heavy atom. The summed E-state index contributed by atoms with van der Waals surface area (Å²) in [7, 11) is 0. The molecule has 1 aliphatic rings. The number of ether oxygens (including phenoxy) is 1. The number of nitrogens with zero attached hydrogens (tertiary/aromatic N) is 2. The minimum absolute atomic E-state index is 0.0682. The molecule has 0 amide bonds. The van der Waals surface area contributed by atoms with Crippen molar-refractivity contribution in [2.75, 3.05) is 25.6 Å². The molecule has 0 aromatic carbocycles. The van der Waals surface area contributed by atoms with Crippen LogP contribution < -0.4 is 0 Å². The maximum absolute atomic E-state index is 9.32. The van der Waals surface area contributed by atoms with E-state index in [2.05, 4.69) is 10.1 Å². The average Bonchev–Trinajstić information content (AvgIpc) is 3.02. The first-order valence-corrected chi connectivity index (χ1v) is 7.98. The van der Waals surface area contributed by atoms with E-state index in [0.29, 0.717) is 30.7 Å². The van der Waals surface area contributed by atoms with Gasteiger partial charge in [0.1, 0.15) is 0 Å². The molecule has 3 rings (SSSR count). The van der Waals surface area contributed by atoms with Gasteiger partial charge in [0.2, 0.25) is 11.7 Å². The number of aliphatic hydroxyl groups excluding tert-OH is 1. The van der Waals surface area contributed by atoms with Crippen molar-refractivity contribution < 1.29 is 14.4 Å². The zero-order valence-corrected chi connectivity index (χ0v) is 11.9. The van der Waals surface area contributed by atoms with Crippen molar-refractivity contribution in [1.82, 2.24) is 10.1 Å². The molecule has 1 fully saturated rings. The number of aromatic nitrogens is 2. The first-order valence-electron chi connectivity index (χ1n) is 5.94. The van der Waals surface area contributed by atoms with Crippen molar-refractivity contribution in [1.29, 1.82) is 0 Å². The molecule has 0 atom stereocenters. The van der Waals surface area contributed by atoms with Crippen molar-refractivity contribution in [3.63, 3.8) is 0 Å². The van der Waals surface area contributed by atoms with Crippen molar-refractivity contribution in [3.05, 3.63) is 23.4 Å². The molecule has 19 heavy (non-hydrogen) atoms. The fourth-order valence-electron chi connectivity index (χ4n) is 1.79. The molecule has 2 aromatic heterocycles. The Labute approximate surface area is 119 Å². The van der Waals surface area contributed by atoms with E-state index in [1.165, 1.54) is 0 Å². The predicted octanol–water partition coefficient (Wildman–Crippen LogP) is 2.04. The molecule has 0 saturated carbocycles. The van der Waals surface area contributed by atoms with Gasteiger partial charge in [0, 0.05) is 11.2 Å². The van der Waals surface area contributed by atoms with Crippen LogP contribution in [0.15, 0.2) is 22.0 Å². The van der Waals surface area contributed by atoms with Crippen LogP contribution in [0.25, 0.3) is 10.7 Å². The highest BCUT2D eigenvalue weighted by molar-refractivity contribution is 7.98. The van der Waals surface area contributed by atoms with E-state index < -0.39 is 0 Å². The van der Waals surface area contributed by atoms with Crippen LogP contribution in [0.4, 0.5) is 0 Å². The highest BCUT2D eigenvalue weighted by Crippen LogP contribution is 2.32. The molecule has 2 aromatic rings. The number of thiophene rings is 1. The van der Waals surface area contributed by atoms with Gasteiger partial charge in [0.25, 0.3) is 0 Å². The van der Waals surface area contributed by atoms with E-state index in [-0.39, 0.29) is 12.0 Å². The minimum Gasteiger partial charge on any atom is -0.396 e. The Kier molecular flexibility index (Phi) is 3.88. The topological polar surface area (TPSA) is 68.4 Å². The highest BCUT2D eigenvalue weighted by atomic mass is 32.2. The lowest BCUT2D eigenvalue weighted by atomic mass is 9.90. The van der Waals surface area contributed by atoms with Crippen LogP contribution in [-0.2, 0) is 10.5 Å². The number of rotatable bonds is 6. The third kappa shape index (κ3) is 2.84. The van der Waals surface area contributed by atoms with Crippen molar-refractivity contribution >= 4 is 23.1 Å². The molecule has 5 nitrogen and oxygen atoms in total. The van der Waals surface area contributed by atoms with Crippen molar-refractivity contribution in [3.8, 4) is 10.7 Å². The molecule has 3 heterocycles. The maximum atomic E-state index is 9.32. The van der Waals surface area contributed by atoms with E-state index >= 15 is 0 Å². The van der Waals surface area contributed by atoms with Gasteiger partial charge in [-0.1, -0.05) is 11.2 Å². The van der Waals surface area contributed by atoms with Crippen LogP contribution >= 0.6 is 23.1 Å². The Morgan fingerprint density at radius 2 is 2.37 bits per heavy atom. The van der Waals surface area contributed by atoms with Gasteiger partial charge in [-0.15, -0.1) is 11.3 Å². The average molecular weight is 298 g/mol. The lowest BCUT2D eigenvalue weighted by Gasteiger charge is -2.39. The van der Waals surface area contributed by atoms with Crippen LogP contribution in [0.5, 0.6) is 0 Å². The van der Waals surface area contributed by atoms with Crippen LogP contribution in [-0.4, -0.2) is 40.8 Å². The van der Waals surface area contributed by atoms with Gasteiger partial charge in [-0.3, -0.25) is 0 Å². The Morgan fingerprint density at radius 1 is 1.47 bits per heavy atom. The van der Waals surface area contributed by atoms with Gasteiger partial charge in [-0.05, 0) is 11.4 Å². The summed E-state index contributed by atoms with van der Waals surface area (Å²) in [5.41, 5.74) is -0.0682. The van der Waals surface area contributed by atoms with Gasteiger partial charge in [0.15, 0.2) is 0 Å². The second-order valence-corrected chi connectivity index (χ2v) is 6.57. The largest absolute Gasteiger partial charge is 0.396 e. The molecular formula is C12H14N2O3S2. The smallest absolute Gasteiger partial charge is 0.236 e. The molecule has 1 saturated heterocycles. The molecule has 0 unspecified atom stereocenters. The zero-order valence-electron chi connectivity index (χ0n) is 10.2. The number of aliphatic hydroxyl groups is 1. The second kappa shape index (κ2) is 5.62. The summed E-state index contributed by atoms with van der Waals surface area (Å²) in [5, 5.41) is 15.3. The summed E-state index contributed by atoms with van der Waals surface area (Å²) in [6, 6.07) is 3.94. The van der Waals surface area contributed by atoms with Crippen molar-refractivity contribution in [2.24, 2.45) is 5.41 Å². The highest BCUT2D eigenvalue weighted by Gasteiger charge is 2.37. The van der Waals surface area contributed by atoms with E-state index in [0.717, 1.165) is 10.6 Å². The Hall–Kier alpha value is -0.890. The third-order valence-corrected chi connectivity index (χ3v) is 5.13. The number of thioether (sulfide) groups is 1. The fraction of sp³-hybridized carbons (Fsp3) is 0.500. The Bertz CT molecular complexity index is 517. The van der Waals surface area contributed by atoms with Gasteiger partial charge in [0.05, 0.1) is 30.5 Å². The number of hydrogen-bond acceptors (Lipinski definition) is 7. The first kappa shape index (κ1) is 13.1. The maximum Gasteiger partial charge on any atom is 0.236 e. The van der Waals surface area contributed by atoms with Crippen LogP contribution in [0.1, 0.15) is 5.89 Å². The summed E-state index contributed by atoms with van der Waals surface area (Å²) in [5.74, 6) is 2.79. The fourth-order valence-corrected chi connectivity index (χ4v) is 3.52. The summed E-state index contributed by atoms with van der Waals surface area (Å²) in [4.78, 5) is 5.37. The standard InChI is InChI=1S/C12H14N2O3S2/c15-5-12(6-16-7-12)8-18-4-10-13-11(14-17-10)9-2-1-3-19-9/h1-3,15H,4-8H2. The van der Waals surface area contributed by atoms with Crippen LogP contribution in [0, 0.1) is 5.41 Å². The van der Waals surface area contributed by atoms with Gasteiger partial charge in [-0.2, -0.15) is 16.7 Å². The monoisotopic (exact) mass is 298 g/mol. The molecule has 1 aliphatic heterocycles. The zero-order chi connectivity index (χ0) is 13.1. The molecule has 1 N–H and O–H groups in total. The molecule has 0 radical (unpaired) electrons. The molecule has 0 spiro atoms. The third-order valence-electron chi connectivity index (χ3n) is 3.00. The summed E-state index contributed by atoms with van der Waals surface area (Å²) < 4.78 is 10.4. The summed E-state index contributed by atoms with van der Waals surface area (Å²) in [6.07, 6.45) is 0. The SMILES string of the molecule is OCC1(CSCc2nc(-c3cccs3)no2)COC1. The van der Waals surface area contributed by atoms with Crippen LogP contribution in [0.2, 0.25) is 0 Å².